The minimum Gasteiger partial charge on any atom is -0.0992 e. The fourth-order valence-electron chi connectivity index (χ4n) is 2.72. The van der Waals surface area contributed by atoms with E-state index in [9.17, 15) is 0 Å². The van der Waals surface area contributed by atoms with Gasteiger partial charge in [-0.2, -0.15) is 0 Å². The molecule has 0 aliphatic heterocycles. The SMILES string of the molecule is CCCP(CCC)C(CC)P(CCC)CCC. The minimum absolute atomic E-state index is 0.342. The monoisotopic (exact) mass is 276 g/mol. The van der Waals surface area contributed by atoms with E-state index < -0.39 is 0 Å². The quantitative estimate of drug-likeness (QED) is 0.387. The molecule has 0 aromatic heterocycles. The maximum atomic E-state index is 2.45. The Morgan fingerprint density at radius 2 is 0.882 bits per heavy atom. The van der Waals surface area contributed by atoms with Gasteiger partial charge in [-0.15, -0.1) is 0 Å². The molecule has 0 aliphatic carbocycles. The van der Waals surface area contributed by atoms with Gasteiger partial charge in [-0.25, -0.2) is 0 Å². The molecule has 0 aromatic carbocycles. The summed E-state index contributed by atoms with van der Waals surface area (Å²) in [6.07, 6.45) is 13.2. The first-order chi connectivity index (χ1) is 8.24. The Morgan fingerprint density at radius 3 is 1.06 bits per heavy atom. The van der Waals surface area contributed by atoms with Gasteiger partial charge in [0.25, 0.3) is 0 Å². The lowest BCUT2D eigenvalue weighted by molar-refractivity contribution is 0.959. The molecule has 17 heavy (non-hydrogen) atoms. The first-order valence-electron chi connectivity index (χ1n) is 7.73. The van der Waals surface area contributed by atoms with Gasteiger partial charge in [-0.1, -0.05) is 76.1 Å². The lowest BCUT2D eigenvalue weighted by atomic mass is 10.5. The molecule has 0 spiro atoms. The van der Waals surface area contributed by atoms with E-state index in [0.717, 1.165) is 5.40 Å². The molecule has 2 heteroatoms. The Bertz CT molecular complexity index is 131. The second-order valence-electron chi connectivity index (χ2n) is 4.96. The van der Waals surface area contributed by atoms with Gasteiger partial charge in [-0.05, 0) is 36.5 Å². The van der Waals surface area contributed by atoms with Gasteiger partial charge in [0.1, 0.15) is 0 Å². The Balaban J connectivity index is 4.55. The van der Waals surface area contributed by atoms with E-state index in [2.05, 4.69) is 34.6 Å². The molecule has 0 N–H and O–H groups in total. The van der Waals surface area contributed by atoms with Crippen molar-refractivity contribution in [2.24, 2.45) is 0 Å². The van der Waals surface area contributed by atoms with Gasteiger partial charge in [0.05, 0.1) is 0 Å². The number of hydrogen-bond acceptors (Lipinski definition) is 0. The summed E-state index contributed by atoms with van der Waals surface area (Å²) in [5.74, 6) is 0. The molecule has 0 bridgehead atoms. The van der Waals surface area contributed by atoms with Crippen LogP contribution in [0.25, 0.3) is 0 Å². The summed E-state index contributed by atoms with van der Waals surface area (Å²) >= 11 is 0. The third kappa shape index (κ3) is 7.12. The predicted molar refractivity (Wildman–Crippen MR) is 88.6 cm³/mol. The molecule has 0 radical (unpaired) electrons. The van der Waals surface area contributed by atoms with Crippen molar-refractivity contribution in [3.63, 3.8) is 0 Å². The first kappa shape index (κ1) is 17.9. The smallest absolute Gasteiger partial charge is 0.000845 e. The van der Waals surface area contributed by atoms with Crippen LogP contribution in [0.5, 0.6) is 0 Å². The Hall–Kier alpha value is 0.860. The summed E-state index contributed by atoms with van der Waals surface area (Å²) in [6, 6.07) is 0. The zero-order valence-corrected chi connectivity index (χ0v) is 14.6. The summed E-state index contributed by atoms with van der Waals surface area (Å²) in [7, 11) is 0.684. The third-order valence-corrected chi connectivity index (χ3v) is 11.7. The van der Waals surface area contributed by atoms with Crippen LogP contribution in [0.1, 0.15) is 66.7 Å². The standard InChI is InChI=1S/C15H34P2/c1-6-11-16(12-7-2)15(10-5)17(13-8-3)14-9-4/h15H,6-14H2,1-5H3. The van der Waals surface area contributed by atoms with Gasteiger partial charge in [0, 0.05) is 0 Å². The minimum atomic E-state index is 0.342. The normalized spacial score (nSPS) is 12.0. The molecule has 0 fully saturated rings. The summed E-state index contributed by atoms with van der Waals surface area (Å²) in [5, 5.41) is 1.12. The Labute approximate surface area is 113 Å². The molecular formula is C15H34P2. The van der Waals surface area contributed by atoms with Gasteiger partial charge in [0.15, 0.2) is 0 Å². The molecule has 0 aromatic rings. The van der Waals surface area contributed by atoms with E-state index in [-0.39, 0.29) is 0 Å². The molecule has 0 saturated carbocycles. The van der Waals surface area contributed by atoms with Crippen LogP contribution in [-0.2, 0) is 0 Å². The lowest BCUT2D eigenvalue weighted by Crippen LogP contribution is -2.10. The highest BCUT2D eigenvalue weighted by Crippen LogP contribution is 2.60. The van der Waals surface area contributed by atoms with Crippen molar-refractivity contribution in [3.05, 3.63) is 0 Å². The van der Waals surface area contributed by atoms with Crippen molar-refractivity contribution in [1.82, 2.24) is 0 Å². The number of rotatable bonds is 11. The number of hydrogen-bond donors (Lipinski definition) is 0. The third-order valence-electron chi connectivity index (χ3n) is 3.25. The van der Waals surface area contributed by atoms with Crippen molar-refractivity contribution in [2.45, 2.75) is 72.1 Å². The van der Waals surface area contributed by atoms with E-state index in [4.69, 9.17) is 0 Å². The van der Waals surface area contributed by atoms with Crippen molar-refractivity contribution < 1.29 is 0 Å². The first-order valence-corrected chi connectivity index (χ1v) is 11.3. The summed E-state index contributed by atoms with van der Waals surface area (Å²) < 4.78 is 0. The fourth-order valence-corrected chi connectivity index (χ4v) is 10.9. The molecule has 0 amide bonds. The van der Waals surface area contributed by atoms with E-state index >= 15 is 0 Å². The maximum absolute atomic E-state index is 2.45. The van der Waals surface area contributed by atoms with Crippen molar-refractivity contribution in [1.29, 1.82) is 0 Å². The lowest BCUT2D eigenvalue weighted by Gasteiger charge is -2.34. The zero-order valence-electron chi connectivity index (χ0n) is 12.8. The Kier molecular flexibility index (Phi) is 12.5. The summed E-state index contributed by atoms with van der Waals surface area (Å²) in [5.41, 5.74) is 0. The highest BCUT2D eigenvalue weighted by atomic mass is 31.2. The molecule has 0 aliphatic rings. The highest BCUT2D eigenvalue weighted by molar-refractivity contribution is 7.75. The average Bonchev–Trinajstić information content (AvgIpc) is 2.31. The molecule has 104 valence electrons. The van der Waals surface area contributed by atoms with E-state index in [1.807, 2.05) is 0 Å². The van der Waals surface area contributed by atoms with Crippen LogP contribution in [0.15, 0.2) is 0 Å². The predicted octanol–water partition coefficient (Wildman–Crippen LogP) is 6.33. The second-order valence-corrected chi connectivity index (χ2v) is 10.8. The average molecular weight is 276 g/mol. The Morgan fingerprint density at radius 1 is 0.588 bits per heavy atom. The molecule has 0 saturated heterocycles. The largest absolute Gasteiger partial charge is 0.0992 e. The molecule has 0 heterocycles. The van der Waals surface area contributed by atoms with Crippen LogP contribution in [0, 0.1) is 0 Å². The van der Waals surface area contributed by atoms with Gasteiger partial charge in [0.2, 0.25) is 0 Å². The van der Waals surface area contributed by atoms with Crippen LogP contribution in [0.2, 0.25) is 0 Å². The topological polar surface area (TPSA) is 0 Å². The van der Waals surface area contributed by atoms with E-state index in [1.165, 1.54) is 56.8 Å². The van der Waals surface area contributed by atoms with Gasteiger partial charge in [-0.3, -0.25) is 0 Å². The van der Waals surface area contributed by atoms with Gasteiger partial charge >= 0.3 is 0 Å². The van der Waals surface area contributed by atoms with Crippen LogP contribution < -0.4 is 0 Å². The highest BCUT2D eigenvalue weighted by Gasteiger charge is 2.25. The zero-order chi connectivity index (χ0) is 13.1. The fraction of sp³-hybridized carbons (Fsp3) is 1.00. The second kappa shape index (κ2) is 11.9. The molecule has 0 unspecified atom stereocenters. The molecular weight excluding hydrogens is 242 g/mol. The maximum Gasteiger partial charge on any atom is -0.000845 e. The molecule has 0 atom stereocenters. The van der Waals surface area contributed by atoms with Crippen molar-refractivity contribution in [3.8, 4) is 0 Å². The molecule has 0 nitrogen and oxygen atoms in total. The van der Waals surface area contributed by atoms with Crippen molar-refractivity contribution >= 4 is 15.8 Å². The van der Waals surface area contributed by atoms with Crippen LogP contribution in [0.4, 0.5) is 0 Å². The van der Waals surface area contributed by atoms with E-state index in [1.54, 1.807) is 0 Å². The van der Waals surface area contributed by atoms with Gasteiger partial charge < -0.3 is 0 Å². The summed E-state index contributed by atoms with van der Waals surface area (Å²) in [4.78, 5) is 0. The van der Waals surface area contributed by atoms with Crippen LogP contribution in [-0.4, -0.2) is 30.0 Å². The van der Waals surface area contributed by atoms with Crippen LogP contribution >= 0.6 is 15.8 Å². The van der Waals surface area contributed by atoms with Crippen molar-refractivity contribution in [2.75, 3.05) is 24.6 Å². The van der Waals surface area contributed by atoms with Crippen LogP contribution in [0.3, 0.4) is 0 Å². The van der Waals surface area contributed by atoms with E-state index in [0.29, 0.717) is 15.8 Å². The summed E-state index contributed by atoms with van der Waals surface area (Å²) in [6.45, 7) is 11.9. The molecule has 0 rings (SSSR count).